The van der Waals surface area contributed by atoms with Crippen LogP contribution in [-0.4, -0.2) is 25.2 Å². The smallest absolute Gasteiger partial charge is 0.343 e. The number of hydrogen-bond donors (Lipinski definition) is 0. The molecule has 0 bridgehead atoms. The van der Waals surface area contributed by atoms with Crippen molar-refractivity contribution in [2.45, 2.75) is 111 Å². The topological polar surface area (TPSA) is 61.8 Å². The van der Waals surface area contributed by atoms with Gasteiger partial charge in [0.1, 0.15) is 11.5 Å². The number of carbonyl (C=O) groups is 2. The molecule has 0 aliphatic heterocycles. The molecule has 0 aromatic heterocycles. The maximum atomic E-state index is 12.7. The van der Waals surface area contributed by atoms with E-state index in [1.807, 2.05) is 36.4 Å². The summed E-state index contributed by atoms with van der Waals surface area (Å²) in [5.74, 6) is 0.865. The fourth-order valence-corrected chi connectivity index (χ4v) is 5.10. The lowest BCUT2D eigenvalue weighted by atomic mass is 10.0. The van der Waals surface area contributed by atoms with Crippen LogP contribution in [0.25, 0.3) is 11.1 Å². The number of ether oxygens (including phenoxy) is 3. The van der Waals surface area contributed by atoms with E-state index < -0.39 is 5.97 Å². The van der Waals surface area contributed by atoms with Gasteiger partial charge in [0, 0.05) is 0 Å². The Hall–Kier alpha value is -3.60. The molecule has 45 heavy (non-hydrogen) atoms. The third-order valence-corrected chi connectivity index (χ3v) is 8.32. The fraction of sp³-hybridized carbons (Fsp3) is 0.500. The van der Waals surface area contributed by atoms with Gasteiger partial charge in [0.25, 0.3) is 0 Å². The molecule has 0 saturated heterocycles. The van der Waals surface area contributed by atoms with Crippen LogP contribution < -0.4 is 9.47 Å². The molecule has 0 amide bonds. The summed E-state index contributed by atoms with van der Waals surface area (Å²) in [7, 11) is 0. The van der Waals surface area contributed by atoms with E-state index in [4.69, 9.17) is 14.2 Å². The van der Waals surface area contributed by atoms with E-state index in [0.717, 1.165) is 29.7 Å². The minimum atomic E-state index is -0.411. The fourth-order valence-electron chi connectivity index (χ4n) is 5.10. The molecule has 0 saturated carbocycles. The average Bonchev–Trinajstić information content (AvgIpc) is 3.07. The van der Waals surface area contributed by atoms with Crippen LogP contribution in [0.5, 0.6) is 11.5 Å². The van der Waals surface area contributed by atoms with Crippen molar-refractivity contribution in [1.29, 1.82) is 0 Å². The van der Waals surface area contributed by atoms with Crippen LogP contribution in [0.3, 0.4) is 0 Å². The van der Waals surface area contributed by atoms with Crippen LogP contribution in [0.1, 0.15) is 131 Å². The molecule has 1 unspecified atom stereocenters. The number of carbonyl (C=O) groups excluding carboxylic acids is 2. The van der Waals surface area contributed by atoms with Gasteiger partial charge in [-0.25, -0.2) is 9.59 Å². The van der Waals surface area contributed by atoms with Gasteiger partial charge in [0.05, 0.1) is 24.3 Å². The molecule has 0 N–H and O–H groups in total. The summed E-state index contributed by atoms with van der Waals surface area (Å²) in [4.78, 5) is 25.0. The number of rotatable bonds is 22. The molecule has 5 heteroatoms. The van der Waals surface area contributed by atoms with E-state index in [2.05, 4.69) is 20.8 Å². The minimum Gasteiger partial charge on any atom is -0.494 e. The first kappa shape index (κ1) is 35.9. The molecule has 244 valence electrons. The summed E-state index contributed by atoms with van der Waals surface area (Å²) < 4.78 is 16.8. The minimum absolute atomic E-state index is 0.307. The van der Waals surface area contributed by atoms with E-state index in [1.165, 1.54) is 77.0 Å². The van der Waals surface area contributed by atoms with Crippen molar-refractivity contribution >= 4 is 11.9 Å². The van der Waals surface area contributed by atoms with Crippen LogP contribution in [0, 0.1) is 5.92 Å². The molecule has 3 rings (SSSR count). The van der Waals surface area contributed by atoms with Gasteiger partial charge in [-0.1, -0.05) is 129 Å². The molecule has 0 aliphatic rings. The Bertz CT molecular complexity index is 1230. The SMILES string of the molecule is CCCCCCCCCCCCCCCOc1ccc(C(=O)Oc2ccc(-c3ccc(C(=O)OCC(C)CC)cc3)cc2)cc1. The summed E-state index contributed by atoms with van der Waals surface area (Å²) in [6.45, 7) is 7.53. The van der Waals surface area contributed by atoms with Gasteiger partial charge in [0.2, 0.25) is 0 Å². The average molecular weight is 615 g/mol. The molecule has 0 spiro atoms. The van der Waals surface area contributed by atoms with Crippen molar-refractivity contribution in [3.63, 3.8) is 0 Å². The van der Waals surface area contributed by atoms with Crippen molar-refractivity contribution in [3.05, 3.63) is 83.9 Å². The third-order valence-electron chi connectivity index (χ3n) is 8.32. The highest BCUT2D eigenvalue weighted by atomic mass is 16.5. The van der Waals surface area contributed by atoms with Crippen molar-refractivity contribution < 1.29 is 23.8 Å². The van der Waals surface area contributed by atoms with Gasteiger partial charge in [-0.2, -0.15) is 0 Å². The first-order valence-electron chi connectivity index (χ1n) is 17.3. The van der Waals surface area contributed by atoms with Gasteiger partial charge < -0.3 is 14.2 Å². The summed E-state index contributed by atoms with van der Waals surface area (Å²) in [6.07, 6.45) is 18.3. The summed E-state index contributed by atoms with van der Waals surface area (Å²) in [5.41, 5.74) is 2.92. The lowest BCUT2D eigenvalue weighted by Gasteiger charge is -2.10. The van der Waals surface area contributed by atoms with Crippen molar-refractivity contribution in [2.24, 2.45) is 5.92 Å². The molecule has 3 aromatic rings. The number of unbranched alkanes of at least 4 members (excludes halogenated alkanes) is 12. The van der Waals surface area contributed by atoms with Gasteiger partial charge in [-0.15, -0.1) is 0 Å². The standard InChI is InChI=1S/C40H54O5/c1-4-6-7-8-9-10-11-12-13-14-15-16-17-30-43-37-26-24-36(25-27-37)40(42)45-38-28-22-34(23-29-38)33-18-20-35(21-19-33)39(41)44-31-32(3)5-2/h18-29,32H,4-17,30-31H2,1-3H3. The molecule has 5 nitrogen and oxygen atoms in total. The molecular weight excluding hydrogens is 560 g/mol. The highest BCUT2D eigenvalue weighted by Crippen LogP contribution is 2.24. The summed E-state index contributed by atoms with van der Waals surface area (Å²) in [5, 5.41) is 0. The zero-order valence-electron chi connectivity index (χ0n) is 27.9. The second-order valence-corrected chi connectivity index (χ2v) is 12.2. The van der Waals surface area contributed by atoms with Crippen LogP contribution in [-0.2, 0) is 4.74 Å². The van der Waals surface area contributed by atoms with Gasteiger partial charge in [-0.3, -0.25) is 0 Å². The predicted molar refractivity (Wildman–Crippen MR) is 184 cm³/mol. The number of benzene rings is 3. The maximum absolute atomic E-state index is 12.7. The van der Waals surface area contributed by atoms with Crippen molar-refractivity contribution in [3.8, 4) is 22.6 Å². The zero-order valence-corrected chi connectivity index (χ0v) is 27.9. The summed E-state index contributed by atoms with van der Waals surface area (Å²) in [6, 6.07) is 21.8. The van der Waals surface area contributed by atoms with Gasteiger partial charge in [0.15, 0.2) is 0 Å². The Labute approximate surface area is 271 Å². The normalized spacial score (nSPS) is 11.6. The summed E-state index contributed by atoms with van der Waals surface area (Å²) >= 11 is 0. The van der Waals surface area contributed by atoms with E-state index in [1.54, 1.807) is 36.4 Å². The molecule has 3 aromatic carbocycles. The van der Waals surface area contributed by atoms with E-state index in [-0.39, 0.29) is 5.97 Å². The molecule has 0 fully saturated rings. The van der Waals surface area contributed by atoms with Crippen LogP contribution >= 0.6 is 0 Å². The van der Waals surface area contributed by atoms with E-state index >= 15 is 0 Å². The highest BCUT2D eigenvalue weighted by Gasteiger charge is 2.11. The Morgan fingerprint density at radius 3 is 1.53 bits per heavy atom. The molecule has 0 aliphatic carbocycles. The van der Waals surface area contributed by atoms with Crippen molar-refractivity contribution in [1.82, 2.24) is 0 Å². The second kappa shape index (κ2) is 21.2. The van der Waals surface area contributed by atoms with E-state index in [9.17, 15) is 9.59 Å². The maximum Gasteiger partial charge on any atom is 0.343 e. The van der Waals surface area contributed by atoms with Gasteiger partial charge in [-0.05, 0) is 72.0 Å². The quantitative estimate of drug-likeness (QED) is 0.0640. The Morgan fingerprint density at radius 1 is 0.556 bits per heavy atom. The zero-order chi connectivity index (χ0) is 32.1. The van der Waals surface area contributed by atoms with Crippen LogP contribution in [0.4, 0.5) is 0 Å². The Balaban J connectivity index is 1.30. The monoisotopic (exact) mass is 614 g/mol. The number of esters is 2. The molecule has 0 radical (unpaired) electrons. The van der Waals surface area contributed by atoms with Crippen molar-refractivity contribution in [2.75, 3.05) is 13.2 Å². The lowest BCUT2D eigenvalue weighted by molar-refractivity contribution is 0.0447. The van der Waals surface area contributed by atoms with Crippen LogP contribution in [0.15, 0.2) is 72.8 Å². The molecule has 0 heterocycles. The largest absolute Gasteiger partial charge is 0.494 e. The highest BCUT2D eigenvalue weighted by molar-refractivity contribution is 5.91. The number of hydrogen-bond acceptors (Lipinski definition) is 5. The second-order valence-electron chi connectivity index (χ2n) is 12.2. The van der Waals surface area contributed by atoms with E-state index in [0.29, 0.717) is 36.0 Å². The predicted octanol–water partition coefficient (Wildman–Crippen LogP) is 11.2. The van der Waals surface area contributed by atoms with Gasteiger partial charge >= 0.3 is 11.9 Å². The Morgan fingerprint density at radius 2 is 1.00 bits per heavy atom. The van der Waals surface area contributed by atoms with Crippen LogP contribution in [0.2, 0.25) is 0 Å². The third kappa shape index (κ3) is 13.9. The molecule has 1 atom stereocenters. The first-order chi connectivity index (χ1) is 22.0. The molecular formula is C40H54O5. The Kier molecular flexibility index (Phi) is 16.9. The first-order valence-corrected chi connectivity index (χ1v) is 17.3. The lowest BCUT2D eigenvalue weighted by Crippen LogP contribution is -2.11.